The van der Waals surface area contributed by atoms with Crippen molar-refractivity contribution in [1.29, 1.82) is 0 Å². The van der Waals surface area contributed by atoms with E-state index in [0.29, 0.717) is 13.1 Å². The first-order valence-corrected chi connectivity index (χ1v) is 10.6. The number of fused-ring (bicyclic) bond motifs is 1. The zero-order valence-corrected chi connectivity index (χ0v) is 17.0. The number of hydrogen-bond donors (Lipinski definition) is 1. The average molecular weight is 392 g/mol. The van der Waals surface area contributed by atoms with E-state index >= 15 is 0 Å². The monoisotopic (exact) mass is 391 g/mol. The van der Waals surface area contributed by atoms with Crippen LogP contribution in [0.3, 0.4) is 0 Å². The molecule has 0 radical (unpaired) electrons. The number of aryl methyl sites for hydroxylation is 1. The van der Waals surface area contributed by atoms with Crippen molar-refractivity contribution in [2.75, 3.05) is 25.5 Å². The number of likely N-dealkylation sites (tertiary alicyclic amines) is 1. The summed E-state index contributed by atoms with van der Waals surface area (Å²) in [6, 6.07) is 18.1. The highest BCUT2D eigenvalue weighted by Gasteiger charge is 2.33. The van der Waals surface area contributed by atoms with E-state index in [1.54, 1.807) is 0 Å². The first-order valence-electron chi connectivity index (χ1n) is 10.6. The van der Waals surface area contributed by atoms with E-state index in [2.05, 4.69) is 29.6 Å². The molecule has 4 rings (SSSR count). The van der Waals surface area contributed by atoms with Crippen molar-refractivity contribution in [2.24, 2.45) is 5.92 Å². The normalized spacial score (nSPS) is 19.3. The predicted octanol–water partition coefficient (Wildman–Crippen LogP) is 4.47. The molecule has 0 bridgehead atoms. The maximum absolute atomic E-state index is 13.2. The summed E-state index contributed by atoms with van der Waals surface area (Å²) < 4.78 is 0. The van der Waals surface area contributed by atoms with Crippen molar-refractivity contribution in [3.8, 4) is 0 Å². The van der Waals surface area contributed by atoms with Crippen LogP contribution >= 0.6 is 0 Å². The number of urea groups is 1. The van der Waals surface area contributed by atoms with Gasteiger partial charge in [-0.15, -0.1) is 0 Å². The number of hydrogen-bond acceptors (Lipinski definition) is 2. The molecule has 1 atom stereocenters. The number of nitrogens with one attached hydrogen (secondary N) is 1. The van der Waals surface area contributed by atoms with Gasteiger partial charge in [-0.2, -0.15) is 0 Å². The molecular weight excluding hydrogens is 362 g/mol. The Kier molecular flexibility index (Phi) is 5.84. The molecule has 2 aromatic carbocycles. The number of anilines is 1. The van der Waals surface area contributed by atoms with E-state index in [-0.39, 0.29) is 23.9 Å². The predicted molar refractivity (Wildman–Crippen MR) is 115 cm³/mol. The maximum Gasteiger partial charge on any atom is 0.321 e. The standard InChI is InChI=1S/C24H29N3O2/c1-26(22-13-7-9-18-8-5-6-12-21(18)22)23(28)19-14-16-27(17-15-19)24(29)25-20-10-3-2-4-11-20/h2-6,8,10-12,19,22H,7,9,13-17H2,1H3,(H,25,29)/t22-/m1/s1. The Morgan fingerprint density at radius 2 is 1.66 bits per heavy atom. The molecule has 152 valence electrons. The van der Waals surface area contributed by atoms with Gasteiger partial charge in [-0.1, -0.05) is 42.5 Å². The summed E-state index contributed by atoms with van der Waals surface area (Å²) in [5.74, 6) is 0.213. The van der Waals surface area contributed by atoms with Crippen LogP contribution in [0.15, 0.2) is 54.6 Å². The zero-order valence-electron chi connectivity index (χ0n) is 17.0. The van der Waals surface area contributed by atoms with Crippen molar-refractivity contribution in [3.05, 3.63) is 65.7 Å². The second kappa shape index (κ2) is 8.68. The Bertz CT molecular complexity index is 859. The van der Waals surface area contributed by atoms with E-state index in [4.69, 9.17) is 0 Å². The Hall–Kier alpha value is -2.82. The van der Waals surface area contributed by atoms with Crippen LogP contribution < -0.4 is 5.32 Å². The molecule has 0 unspecified atom stereocenters. The van der Waals surface area contributed by atoms with Crippen molar-refractivity contribution in [2.45, 2.75) is 38.1 Å². The Morgan fingerprint density at radius 1 is 0.966 bits per heavy atom. The number of nitrogens with zero attached hydrogens (tertiary/aromatic N) is 2. The molecule has 1 fully saturated rings. The summed E-state index contributed by atoms with van der Waals surface area (Å²) in [4.78, 5) is 29.4. The molecule has 1 heterocycles. The summed E-state index contributed by atoms with van der Waals surface area (Å²) in [6.45, 7) is 1.23. The second-order valence-corrected chi connectivity index (χ2v) is 8.11. The summed E-state index contributed by atoms with van der Waals surface area (Å²) in [5.41, 5.74) is 3.47. The zero-order chi connectivity index (χ0) is 20.2. The minimum Gasteiger partial charge on any atom is -0.338 e. The topological polar surface area (TPSA) is 52.7 Å². The Labute approximate surface area is 172 Å². The van der Waals surface area contributed by atoms with Gasteiger partial charge >= 0.3 is 6.03 Å². The average Bonchev–Trinajstić information content (AvgIpc) is 2.78. The van der Waals surface area contributed by atoms with E-state index in [1.807, 2.05) is 47.2 Å². The van der Waals surface area contributed by atoms with Crippen LogP contribution in [0.4, 0.5) is 10.5 Å². The van der Waals surface area contributed by atoms with Gasteiger partial charge in [-0.3, -0.25) is 4.79 Å². The molecule has 29 heavy (non-hydrogen) atoms. The number of amides is 3. The minimum absolute atomic E-state index is 0.00476. The number of para-hydroxylation sites is 1. The molecule has 1 aliphatic carbocycles. The van der Waals surface area contributed by atoms with Crippen molar-refractivity contribution < 1.29 is 9.59 Å². The van der Waals surface area contributed by atoms with Crippen molar-refractivity contribution in [3.63, 3.8) is 0 Å². The molecule has 1 saturated heterocycles. The van der Waals surface area contributed by atoms with Gasteiger partial charge in [-0.05, 0) is 55.4 Å². The third kappa shape index (κ3) is 4.29. The van der Waals surface area contributed by atoms with E-state index < -0.39 is 0 Å². The SMILES string of the molecule is CN(C(=O)C1CCN(C(=O)Nc2ccccc2)CC1)[C@@H]1CCCc2ccccc21. The van der Waals surface area contributed by atoms with Gasteiger partial charge in [0.25, 0.3) is 0 Å². The quantitative estimate of drug-likeness (QED) is 0.839. The highest BCUT2D eigenvalue weighted by molar-refractivity contribution is 5.89. The Morgan fingerprint density at radius 3 is 2.41 bits per heavy atom. The van der Waals surface area contributed by atoms with Gasteiger partial charge in [0.2, 0.25) is 5.91 Å². The maximum atomic E-state index is 13.2. The summed E-state index contributed by atoms with van der Waals surface area (Å²) in [6.07, 6.45) is 4.69. The lowest BCUT2D eigenvalue weighted by atomic mass is 9.86. The van der Waals surface area contributed by atoms with Crippen LogP contribution in [-0.4, -0.2) is 41.9 Å². The largest absolute Gasteiger partial charge is 0.338 e. The van der Waals surface area contributed by atoms with Gasteiger partial charge in [-0.25, -0.2) is 4.79 Å². The molecule has 0 saturated carbocycles. The van der Waals surface area contributed by atoms with Crippen molar-refractivity contribution in [1.82, 2.24) is 9.80 Å². The first kappa shape index (κ1) is 19.5. The third-order valence-electron chi connectivity index (χ3n) is 6.31. The lowest BCUT2D eigenvalue weighted by Crippen LogP contribution is -2.45. The molecular formula is C24H29N3O2. The molecule has 1 N–H and O–H groups in total. The number of carbonyl (C=O) groups is 2. The number of benzene rings is 2. The molecule has 5 nitrogen and oxygen atoms in total. The lowest BCUT2D eigenvalue weighted by molar-refractivity contribution is -0.138. The van der Waals surface area contributed by atoms with Gasteiger partial charge in [0.1, 0.15) is 0 Å². The van der Waals surface area contributed by atoms with Crippen LogP contribution in [0.1, 0.15) is 42.9 Å². The summed E-state index contributed by atoms with van der Waals surface area (Å²) >= 11 is 0. The van der Waals surface area contributed by atoms with Crippen LogP contribution in [0, 0.1) is 5.92 Å². The molecule has 0 aromatic heterocycles. The second-order valence-electron chi connectivity index (χ2n) is 8.11. The molecule has 0 spiro atoms. The van der Waals surface area contributed by atoms with Crippen LogP contribution in [-0.2, 0) is 11.2 Å². The van der Waals surface area contributed by atoms with E-state index in [1.165, 1.54) is 11.1 Å². The number of rotatable bonds is 3. The molecule has 5 heteroatoms. The molecule has 3 amide bonds. The van der Waals surface area contributed by atoms with Crippen LogP contribution in [0.2, 0.25) is 0 Å². The lowest BCUT2D eigenvalue weighted by Gasteiger charge is -2.38. The van der Waals surface area contributed by atoms with Gasteiger partial charge < -0.3 is 15.1 Å². The van der Waals surface area contributed by atoms with Crippen molar-refractivity contribution >= 4 is 17.6 Å². The fourth-order valence-corrected chi connectivity index (χ4v) is 4.63. The summed E-state index contributed by atoms with van der Waals surface area (Å²) in [5, 5.41) is 2.93. The first-order chi connectivity index (χ1) is 14.1. The highest BCUT2D eigenvalue weighted by Crippen LogP contribution is 2.35. The van der Waals surface area contributed by atoms with Gasteiger partial charge in [0.15, 0.2) is 0 Å². The van der Waals surface area contributed by atoms with E-state index in [9.17, 15) is 9.59 Å². The molecule has 1 aliphatic heterocycles. The Balaban J connectivity index is 1.34. The van der Waals surface area contributed by atoms with Gasteiger partial charge in [0.05, 0.1) is 6.04 Å². The number of carbonyl (C=O) groups excluding carboxylic acids is 2. The summed E-state index contributed by atoms with van der Waals surface area (Å²) in [7, 11) is 1.95. The molecule has 2 aromatic rings. The third-order valence-corrected chi connectivity index (χ3v) is 6.31. The fraction of sp³-hybridized carbons (Fsp3) is 0.417. The van der Waals surface area contributed by atoms with E-state index in [0.717, 1.165) is 37.8 Å². The molecule has 2 aliphatic rings. The fourth-order valence-electron chi connectivity index (χ4n) is 4.63. The van der Waals surface area contributed by atoms with Crippen LogP contribution in [0.5, 0.6) is 0 Å². The van der Waals surface area contributed by atoms with Crippen LogP contribution in [0.25, 0.3) is 0 Å². The smallest absolute Gasteiger partial charge is 0.321 e. The van der Waals surface area contributed by atoms with Gasteiger partial charge in [0, 0.05) is 31.7 Å². The highest BCUT2D eigenvalue weighted by atomic mass is 16.2. The number of piperidine rings is 1. The minimum atomic E-state index is -0.0864.